The number of aliphatic hydroxyl groups excluding tert-OH is 1. The van der Waals surface area contributed by atoms with Crippen LogP contribution in [0.2, 0.25) is 0 Å². The van der Waals surface area contributed by atoms with Gasteiger partial charge in [-0.3, -0.25) is 0 Å². The summed E-state index contributed by atoms with van der Waals surface area (Å²) < 4.78 is 11.1. The van der Waals surface area contributed by atoms with Crippen molar-refractivity contribution in [2.45, 2.75) is 72.1 Å². The van der Waals surface area contributed by atoms with Crippen LogP contribution in [0.25, 0.3) is 0 Å². The van der Waals surface area contributed by atoms with Crippen LogP contribution in [0, 0.1) is 5.41 Å². The van der Waals surface area contributed by atoms with Gasteiger partial charge in [0.05, 0.1) is 0 Å². The molecule has 0 aliphatic heterocycles. The molecule has 0 spiro atoms. The Labute approximate surface area is 148 Å². The summed E-state index contributed by atoms with van der Waals surface area (Å²) in [6, 6.07) is 0. The number of thioether (sulfide) groups is 1. The van der Waals surface area contributed by atoms with E-state index in [4.69, 9.17) is 14.6 Å². The Morgan fingerprint density at radius 1 is 0.696 bits per heavy atom. The molecule has 0 saturated heterocycles. The standard InChI is InChI=1S/C19H40O3S/c1-19(2,3)11-10-18-23-17-9-8-16-22-15-7-6-14-21-13-5-4-12-20/h20H,4-18H2,1-3H3. The van der Waals surface area contributed by atoms with E-state index in [1.807, 2.05) is 0 Å². The Bertz CT molecular complexity index is 229. The van der Waals surface area contributed by atoms with E-state index in [2.05, 4.69) is 32.5 Å². The lowest BCUT2D eigenvalue weighted by molar-refractivity contribution is 0.0981. The topological polar surface area (TPSA) is 38.7 Å². The zero-order valence-corrected chi connectivity index (χ0v) is 16.6. The molecule has 0 aromatic carbocycles. The molecule has 0 saturated carbocycles. The molecule has 0 bridgehead atoms. The van der Waals surface area contributed by atoms with Gasteiger partial charge in [0.2, 0.25) is 0 Å². The van der Waals surface area contributed by atoms with Crippen LogP contribution >= 0.6 is 11.8 Å². The molecule has 3 nitrogen and oxygen atoms in total. The quantitative estimate of drug-likeness (QED) is 0.379. The maximum Gasteiger partial charge on any atom is 0.0466 e. The van der Waals surface area contributed by atoms with Crippen LogP contribution in [0.5, 0.6) is 0 Å². The molecular formula is C19H40O3S. The van der Waals surface area contributed by atoms with Crippen LogP contribution < -0.4 is 0 Å². The molecule has 0 aliphatic carbocycles. The van der Waals surface area contributed by atoms with Gasteiger partial charge in [0.1, 0.15) is 0 Å². The molecular weight excluding hydrogens is 308 g/mol. The molecule has 4 heteroatoms. The molecule has 0 fully saturated rings. The molecule has 0 radical (unpaired) electrons. The molecule has 0 amide bonds. The van der Waals surface area contributed by atoms with E-state index in [9.17, 15) is 0 Å². The van der Waals surface area contributed by atoms with Gasteiger partial charge in [-0.2, -0.15) is 11.8 Å². The van der Waals surface area contributed by atoms with E-state index >= 15 is 0 Å². The number of unbranched alkanes of at least 4 members (excludes halogenated alkanes) is 3. The summed E-state index contributed by atoms with van der Waals surface area (Å²) in [6.45, 7) is 10.6. The summed E-state index contributed by atoms with van der Waals surface area (Å²) in [7, 11) is 0. The summed E-state index contributed by atoms with van der Waals surface area (Å²) in [6.07, 6.45) is 9.09. The fraction of sp³-hybridized carbons (Fsp3) is 1.00. The van der Waals surface area contributed by atoms with Gasteiger partial charge in [-0.1, -0.05) is 20.8 Å². The first-order chi connectivity index (χ1) is 11.1. The summed E-state index contributed by atoms with van der Waals surface area (Å²) >= 11 is 2.09. The zero-order chi connectivity index (χ0) is 17.2. The lowest BCUT2D eigenvalue weighted by atomic mass is 9.91. The van der Waals surface area contributed by atoms with Crippen molar-refractivity contribution in [3.8, 4) is 0 Å². The largest absolute Gasteiger partial charge is 0.396 e. The van der Waals surface area contributed by atoms with Gasteiger partial charge >= 0.3 is 0 Å². The van der Waals surface area contributed by atoms with Crippen molar-refractivity contribution < 1.29 is 14.6 Å². The highest BCUT2D eigenvalue weighted by atomic mass is 32.2. The maximum atomic E-state index is 8.64. The van der Waals surface area contributed by atoms with E-state index in [1.54, 1.807) is 0 Å². The average molecular weight is 349 g/mol. The second-order valence-electron chi connectivity index (χ2n) is 7.35. The van der Waals surface area contributed by atoms with Crippen LogP contribution in [0.1, 0.15) is 72.1 Å². The number of ether oxygens (including phenoxy) is 2. The van der Waals surface area contributed by atoms with Crippen LogP contribution in [0.3, 0.4) is 0 Å². The predicted octanol–water partition coefficient (Wildman–Crippen LogP) is 4.91. The van der Waals surface area contributed by atoms with Gasteiger partial charge in [-0.15, -0.1) is 0 Å². The van der Waals surface area contributed by atoms with Crippen LogP contribution in [0.15, 0.2) is 0 Å². The fourth-order valence-corrected chi connectivity index (χ4v) is 3.10. The van der Waals surface area contributed by atoms with Crippen molar-refractivity contribution in [1.29, 1.82) is 0 Å². The molecule has 0 rings (SSSR count). The highest BCUT2D eigenvalue weighted by Gasteiger charge is 2.08. The summed E-state index contributed by atoms with van der Waals surface area (Å²) in [5.41, 5.74) is 0.485. The SMILES string of the molecule is CC(C)(C)CCCSCCCCOCCCCOCCCCO. The molecule has 1 N–H and O–H groups in total. The summed E-state index contributed by atoms with van der Waals surface area (Å²) in [4.78, 5) is 0. The highest BCUT2D eigenvalue weighted by Crippen LogP contribution is 2.22. The number of aliphatic hydroxyl groups is 1. The first kappa shape index (κ1) is 23.2. The second kappa shape index (κ2) is 17.1. The third-order valence-corrected chi connectivity index (χ3v) is 4.72. The molecule has 0 aromatic heterocycles. The Morgan fingerprint density at radius 3 is 1.70 bits per heavy atom. The second-order valence-corrected chi connectivity index (χ2v) is 8.57. The van der Waals surface area contributed by atoms with Crippen molar-refractivity contribution in [2.24, 2.45) is 5.41 Å². The van der Waals surface area contributed by atoms with Crippen molar-refractivity contribution in [3.63, 3.8) is 0 Å². The van der Waals surface area contributed by atoms with Gasteiger partial charge in [-0.05, 0) is 68.3 Å². The minimum atomic E-state index is 0.270. The Morgan fingerprint density at radius 2 is 1.17 bits per heavy atom. The van der Waals surface area contributed by atoms with Crippen LogP contribution in [-0.4, -0.2) is 49.6 Å². The van der Waals surface area contributed by atoms with Crippen molar-refractivity contribution in [3.05, 3.63) is 0 Å². The van der Waals surface area contributed by atoms with E-state index in [0.29, 0.717) is 5.41 Å². The van der Waals surface area contributed by atoms with Gasteiger partial charge in [0.15, 0.2) is 0 Å². The zero-order valence-electron chi connectivity index (χ0n) is 15.8. The average Bonchev–Trinajstić information content (AvgIpc) is 2.49. The predicted molar refractivity (Wildman–Crippen MR) is 102 cm³/mol. The first-order valence-corrected chi connectivity index (χ1v) is 10.6. The van der Waals surface area contributed by atoms with E-state index in [1.165, 1.54) is 37.2 Å². The van der Waals surface area contributed by atoms with E-state index < -0.39 is 0 Å². The lowest BCUT2D eigenvalue weighted by Crippen LogP contribution is -2.05. The number of hydrogen-bond acceptors (Lipinski definition) is 4. The Hall–Kier alpha value is 0.230. The number of hydrogen-bond donors (Lipinski definition) is 1. The van der Waals surface area contributed by atoms with Gasteiger partial charge in [0, 0.05) is 33.0 Å². The number of rotatable bonds is 17. The lowest BCUT2D eigenvalue weighted by Gasteiger charge is -2.17. The minimum Gasteiger partial charge on any atom is -0.396 e. The smallest absolute Gasteiger partial charge is 0.0466 e. The first-order valence-electron chi connectivity index (χ1n) is 9.40. The monoisotopic (exact) mass is 348 g/mol. The summed E-state index contributed by atoms with van der Waals surface area (Å²) in [5, 5.41) is 8.64. The molecule has 0 aromatic rings. The van der Waals surface area contributed by atoms with Gasteiger partial charge in [0.25, 0.3) is 0 Å². The van der Waals surface area contributed by atoms with Crippen LogP contribution in [-0.2, 0) is 9.47 Å². The van der Waals surface area contributed by atoms with E-state index in [-0.39, 0.29) is 6.61 Å². The minimum absolute atomic E-state index is 0.270. The molecule has 0 atom stereocenters. The van der Waals surface area contributed by atoms with Gasteiger partial charge < -0.3 is 14.6 Å². The van der Waals surface area contributed by atoms with Crippen molar-refractivity contribution >= 4 is 11.8 Å². The normalized spacial score (nSPS) is 12.0. The maximum absolute atomic E-state index is 8.64. The van der Waals surface area contributed by atoms with E-state index in [0.717, 1.165) is 52.1 Å². The van der Waals surface area contributed by atoms with Crippen molar-refractivity contribution in [2.75, 3.05) is 44.5 Å². The Kier molecular flexibility index (Phi) is 17.2. The molecule has 23 heavy (non-hydrogen) atoms. The van der Waals surface area contributed by atoms with Crippen LogP contribution in [0.4, 0.5) is 0 Å². The highest BCUT2D eigenvalue weighted by molar-refractivity contribution is 7.99. The molecule has 0 unspecified atom stereocenters. The molecule has 0 aliphatic rings. The fourth-order valence-electron chi connectivity index (χ4n) is 2.14. The molecule has 0 heterocycles. The molecule has 140 valence electrons. The van der Waals surface area contributed by atoms with Crippen molar-refractivity contribution in [1.82, 2.24) is 0 Å². The summed E-state index contributed by atoms with van der Waals surface area (Å²) in [5.74, 6) is 2.58. The third kappa shape index (κ3) is 22.2. The third-order valence-electron chi connectivity index (χ3n) is 3.57. The van der Waals surface area contributed by atoms with Gasteiger partial charge in [-0.25, -0.2) is 0 Å². The Balaban J connectivity index is 3.00.